The number of carbonyl (C=O) groups excluding carboxylic acids is 2. The van der Waals surface area contributed by atoms with E-state index in [0.29, 0.717) is 41.3 Å². The fourth-order valence-electron chi connectivity index (χ4n) is 2.87. The van der Waals surface area contributed by atoms with Gasteiger partial charge in [-0.25, -0.2) is 0 Å². The highest BCUT2D eigenvalue weighted by atomic mass is 16.7. The van der Waals surface area contributed by atoms with Crippen LogP contribution in [0.3, 0.4) is 0 Å². The third kappa shape index (κ3) is 2.13. The van der Waals surface area contributed by atoms with Crippen LogP contribution in [0.15, 0.2) is 12.1 Å². The molecule has 0 spiro atoms. The number of hydrogen-bond acceptors (Lipinski definition) is 4. The molecule has 106 valence electrons. The summed E-state index contributed by atoms with van der Waals surface area (Å²) >= 11 is 0. The minimum atomic E-state index is -0.472. The number of nitrogens with two attached hydrogens (primary N) is 1. The number of primary amides is 1. The predicted octanol–water partition coefficient (Wildman–Crippen LogP) is 1.95. The maximum atomic E-state index is 11.3. The second-order valence-electron chi connectivity index (χ2n) is 5.41. The summed E-state index contributed by atoms with van der Waals surface area (Å²) in [6, 6.07) is 3.38. The van der Waals surface area contributed by atoms with Gasteiger partial charge in [0.2, 0.25) is 12.2 Å². The van der Waals surface area contributed by atoms with E-state index in [1.165, 1.54) is 0 Å². The maximum Gasteiger partial charge on any atom is 0.249 e. The molecule has 1 aliphatic heterocycles. The molecule has 1 aromatic carbocycles. The highest BCUT2D eigenvalue weighted by Gasteiger charge is 2.35. The number of carbonyl (C=O) groups is 2. The molecule has 0 aromatic heterocycles. The van der Waals surface area contributed by atoms with Gasteiger partial charge in [-0.1, -0.05) is 0 Å². The minimum Gasteiger partial charge on any atom is -0.451 e. The number of ether oxygens (including phenoxy) is 2. The number of fused-ring (bicyclic) bond motifs is 1. The summed E-state index contributed by atoms with van der Waals surface area (Å²) in [5, 5.41) is 0. The van der Waals surface area contributed by atoms with E-state index < -0.39 is 5.91 Å². The molecular formula is C15H17NO4. The van der Waals surface area contributed by atoms with E-state index >= 15 is 0 Å². The standard InChI is InChI=1S/C15H17NO4/c1-8-11(14(16)18)6-7-12-13(8)20-15(19-12)9-2-4-10(17)5-3-9/h6-7,9,15H,2-5H2,1H3,(H2,16,18). The molecule has 1 fully saturated rings. The molecular weight excluding hydrogens is 258 g/mol. The summed E-state index contributed by atoms with van der Waals surface area (Å²) in [6.45, 7) is 1.80. The quantitative estimate of drug-likeness (QED) is 0.894. The van der Waals surface area contributed by atoms with Gasteiger partial charge in [0.15, 0.2) is 11.5 Å². The average molecular weight is 275 g/mol. The number of benzene rings is 1. The Morgan fingerprint density at radius 3 is 2.60 bits per heavy atom. The van der Waals surface area contributed by atoms with Crippen LogP contribution in [0.1, 0.15) is 41.6 Å². The molecule has 1 aromatic rings. The molecule has 0 saturated heterocycles. The monoisotopic (exact) mass is 275 g/mol. The van der Waals surface area contributed by atoms with E-state index in [0.717, 1.165) is 12.8 Å². The second kappa shape index (κ2) is 4.81. The molecule has 1 saturated carbocycles. The van der Waals surface area contributed by atoms with Crippen LogP contribution in [0.25, 0.3) is 0 Å². The smallest absolute Gasteiger partial charge is 0.249 e. The van der Waals surface area contributed by atoms with Crippen molar-refractivity contribution in [2.24, 2.45) is 11.7 Å². The van der Waals surface area contributed by atoms with Gasteiger partial charge in [0.1, 0.15) is 5.78 Å². The molecule has 0 bridgehead atoms. The molecule has 20 heavy (non-hydrogen) atoms. The van der Waals surface area contributed by atoms with Gasteiger partial charge in [-0.15, -0.1) is 0 Å². The summed E-state index contributed by atoms with van der Waals surface area (Å²) < 4.78 is 11.7. The minimum absolute atomic E-state index is 0.219. The summed E-state index contributed by atoms with van der Waals surface area (Å²) in [6.07, 6.45) is 2.41. The lowest BCUT2D eigenvalue weighted by molar-refractivity contribution is -0.122. The number of hydrogen-bond donors (Lipinski definition) is 1. The first-order chi connectivity index (χ1) is 9.56. The topological polar surface area (TPSA) is 78.6 Å². The normalized spacial score (nSPS) is 22.1. The summed E-state index contributed by atoms with van der Waals surface area (Å²) in [5.74, 6) is 1.30. The zero-order valence-electron chi connectivity index (χ0n) is 11.3. The Morgan fingerprint density at radius 2 is 1.95 bits per heavy atom. The van der Waals surface area contributed by atoms with E-state index in [1.807, 2.05) is 0 Å². The number of amides is 1. The van der Waals surface area contributed by atoms with Crippen molar-refractivity contribution < 1.29 is 19.1 Å². The van der Waals surface area contributed by atoms with E-state index in [1.54, 1.807) is 19.1 Å². The van der Waals surface area contributed by atoms with E-state index in [-0.39, 0.29) is 12.2 Å². The second-order valence-corrected chi connectivity index (χ2v) is 5.41. The van der Waals surface area contributed by atoms with Gasteiger partial charge in [-0.2, -0.15) is 0 Å². The van der Waals surface area contributed by atoms with Crippen LogP contribution in [0.5, 0.6) is 11.5 Å². The summed E-state index contributed by atoms with van der Waals surface area (Å²) in [5.41, 5.74) is 6.49. The first-order valence-corrected chi connectivity index (χ1v) is 6.84. The molecule has 5 nitrogen and oxygen atoms in total. The Labute approximate surface area is 117 Å². The van der Waals surface area contributed by atoms with Crippen molar-refractivity contribution in [3.05, 3.63) is 23.3 Å². The molecule has 0 radical (unpaired) electrons. The number of rotatable bonds is 2. The van der Waals surface area contributed by atoms with Gasteiger partial charge in [0.25, 0.3) is 0 Å². The lowest BCUT2D eigenvalue weighted by Gasteiger charge is -2.25. The zero-order valence-corrected chi connectivity index (χ0v) is 11.3. The van der Waals surface area contributed by atoms with Crippen molar-refractivity contribution in [1.82, 2.24) is 0 Å². The lowest BCUT2D eigenvalue weighted by atomic mass is 9.88. The number of ketones is 1. The molecule has 1 atom stereocenters. The molecule has 1 unspecified atom stereocenters. The average Bonchev–Trinajstić information content (AvgIpc) is 2.84. The molecule has 3 rings (SSSR count). The largest absolute Gasteiger partial charge is 0.451 e. The van der Waals surface area contributed by atoms with Crippen LogP contribution in [-0.2, 0) is 4.79 Å². The van der Waals surface area contributed by atoms with Gasteiger partial charge in [-0.3, -0.25) is 9.59 Å². The molecule has 1 amide bonds. The van der Waals surface area contributed by atoms with Crippen molar-refractivity contribution >= 4 is 11.7 Å². The summed E-state index contributed by atoms with van der Waals surface area (Å²) in [7, 11) is 0. The Morgan fingerprint density at radius 1 is 1.25 bits per heavy atom. The SMILES string of the molecule is Cc1c(C(N)=O)ccc2c1OC(C1CCC(=O)CC1)O2. The van der Waals surface area contributed by atoms with Gasteiger partial charge < -0.3 is 15.2 Å². The van der Waals surface area contributed by atoms with Crippen molar-refractivity contribution in [3.63, 3.8) is 0 Å². The Kier molecular flexibility index (Phi) is 3.12. The molecule has 2 N–H and O–H groups in total. The molecule has 1 heterocycles. The van der Waals surface area contributed by atoms with Crippen LogP contribution in [0.4, 0.5) is 0 Å². The van der Waals surface area contributed by atoms with Crippen LogP contribution in [0.2, 0.25) is 0 Å². The third-order valence-corrected chi connectivity index (χ3v) is 4.09. The Bertz CT molecular complexity index is 571. The Balaban J connectivity index is 1.80. The van der Waals surface area contributed by atoms with Crippen LogP contribution >= 0.6 is 0 Å². The van der Waals surface area contributed by atoms with Crippen molar-refractivity contribution in [1.29, 1.82) is 0 Å². The van der Waals surface area contributed by atoms with Crippen LogP contribution in [0, 0.1) is 12.8 Å². The molecule has 1 aliphatic carbocycles. The highest BCUT2D eigenvalue weighted by molar-refractivity contribution is 5.95. The lowest BCUT2D eigenvalue weighted by Crippen LogP contribution is -2.32. The zero-order chi connectivity index (χ0) is 14.3. The van der Waals surface area contributed by atoms with Gasteiger partial charge in [-0.05, 0) is 31.9 Å². The fourth-order valence-corrected chi connectivity index (χ4v) is 2.87. The summed E-state index contributed by atoms with van der Waals surface area (Å²) in [4.78, 5) is 22.6. The molecule has 2 aliphatic rings. The first kappa shape index (κ1) is 13.0. The first-order valence-electron chi connectivity index (χ1n) is 6.84. The third-order valence-electron chi connectivity index (χ3n) is 4.09. The van der Waals surface area contributed by atoms with Gasteiger partial charge in [0.05, 0.1) is 0 Å². The van der Waals surface area contributed by atoms with E-state index in [9.17, 15) is 9.59 Å². The van der Waals surface area contributed by atoms with Crippen molar-refractivity contribution in [2.75, 3.05) is 0 Å². The highest BCUT2D eigenvalue weighted by Crippen LogP contribution is 2.42. The van der Waals surface area contributed by atoms with Gasteiger partial charge in [0, 0.05) is 29.9 Å². The van der Waals surface area contributed by atoms with E-state index in [2.05, 4.69) is 0 Å². The van der Waals surface area contributed by atoms with Crippen LogP contribution < -0.4 is 15.2 Å². The number of Topliss-reactive ketones (excluding diaryl/α,β-unsaturated/α-hetero) is 1. The maximum absolute atomic E-state index is 11.3. The van der Waals surface area contributed by atoms with Crippen molar-refractivity contribution in [2.45, 2.75) is 38.9 Å². The van der Waals surface area contributed by atoms with Crippen molar-refractivity contribution in [3.8, 4) is 11.5 Å². The molecule has 5 heteroatoms. The van der Waals surface area contributed by atoms with Gasteiger partial charge >= 0.3 is 0 Å². The van der Waals surface area contributed by atoms with Crippen LogP contribution in [-0.4, -0.2) is 18.0 Å². The Hall–Kier alpha value is -2.04. The van der Waals surface area contributed by atoms with E-state index in [4.69, 9.17) is 15.2 Å². The predicted molar refractivity (Wildman–Crippen MR) is 71.7 cm³/mol. The fraction of sp³-hybridized carbons (Fsp3) is 0.467.